The minimum atomic E-state index is -0.477. The Kier molecular flexibility index (Phi) is 11.1. The smallest absolute Gasteiger partial charge is 0.346 e. The van der Waals surface area contributed by atoms with E-state index in [4.69, 9.17) is 19.4 Å². The maximum Gasteiger partial charge on any atom is 0.346 e. The molecular weight excluding hydrogens is 719 g/mol. The van der Waals surface area contributed by atoms with Crippen LogP contribution in [0, 0.1) is 0 Å². The minimum absolute atomic E-state index is 0.0932. The molecule has 0 aliphatic carbocycles. The molecule has 0 bridgehead atoms. The summed E-state index contributed by atoms with van der Waals surface area (Å²) >= 11 is 4.43. The molecule has 1 aliphatic heterocycles. The second-order valence-electron chi connectivity index (χ2n) is 14.7. The number of ether oxygens (including phenoxy) is 2. The van der Waals surface area contributed by atoms with Crippen molar-refractivity contribution in [2.45, 2.75) is 90.6 Å². The maximum atomic E-state index is 13.8. The van der Waals surface area contributed by atoms with E-state index >= 15 is 0 Å². The van der Waals surface area contributed by atoms with Gasteiger partial charge in [0.1, 0.15) is 21.3 Å². The van der Waals surface area contributed by atoms with Crippen LogP contribution in [0.15, 0.2) is 89.1 Å². The summed E-state index contributed by atoms with van der Waals surface area (Å²) in [4.78, 5) is 27.6. The Morgan fingerprint density at radius 1 is 0.830 bits per heavy atom. The molecule has 0 saturated carbocycles. The number of fused-ring (bicyclic) bond motifs is 2. The van der Waals surface area contributed by atoms with Crippen molar-refractivity contribution in [3.8, 4) is 11.5 Å². The molecule has 3 aromatic carbocycles. The molecule has 1 aliphatic rings. The van der Waals surface area contributed by atoms with Gasteiger partial charge in [-0.1, -0.05) is 49.7 Å². The van der Waals surface area contributed by atoms with Gasteiger partial charge in [-0.15, -0.1) is 32.9 Å². The molecule has 6 aromatic rings. The zero-order valence-corrected chi connectivity index (χ0v) is 33.4. The minimum Gasteiger partial charge on any atom is -0.494 e. The number of piperidine rings is 1. The largest absolute Gasteiger partial charge is 0.494 e. The van der Waals surface area contributed by atoms with Crippen molar-refractivity contribution in [3.05, 3.63) is 88.7 Å². The van der Waals surface area contributed by atoms with Gasteiger partial charge in [-0.05, 0) is 126 Å². The molecule has 0 amide bonds. The Balaban J connectivity index is 1.07. The summed E-state index contributed by atoms with van der Waals surface area (Å²) < 4.78 is 13.7. The van der Waals surface area contributed by atoms with Crippen LogP contribution in [0.1, 0.15) is 89.4 Å². The van der Waals surface area contributed by atoms with Crippen LogP contribution >= 0.6 is 34.0 Å². The van der Waals surface area contributed by atoms with Crippen molar-refractivity contribution >= 4 is 87.9 Å². The monoisotopic (exact) mass is 763 g/mol. The van der Waals surface area contributed by atoms with E-state index in [-0.39, 0.29) is 11.1 Å². The molecule has 0 N–H and O–H groups in total. The van der Waals surface area contributed by atoms with Crippen molar-refractivity contribution < 1.29 is 14.3 Å². The molecule has 7 rings (SSSR count). The molecule has 0 spiro atoms. The fourth-order valence-electron chi connectivity index (χ4n) is 7.14. The maximum absolute atomic E-state index is 13.8. The van der Waals surface area contributed by atoms with Crippen molar-refractivity contribution in [2.75, 3.05) is 11.5 Å². The molecule has 0 atom stereocenters. The molecule has 11 heteroatoms. The van der Waals surface area contributed by atoms with Crippen LogP contribution in [0.4, 0.5) is 16.5 Å². The molecule has 1 fully saturated rings. The second-order valence-corrected chi connectivity index (χ2v) is 17.8. The average molecular weight is 764 g/mol. The SMILES string of the molecule is CCCCCCOc1ccc(OC(=O)/C(=C/c2cc3sc(/N=N/c4ccc(N5C(C)(C)CCCC5(C)C)cc4)nc3s2)c2nc3ccccc3s2)cc1. The Hall–Kier alpha value is -4.45. The molecule has 4 heterocycles. The van der Waals surface area contributed by atoms with Crippen molar-refractivity contribution in [3.63, 3.8) is 0 Å². The predicted octanol–water partition coefficient (Wildman–Crippen LogP) is 13.0. The zero-order chi connectivity index (χ0) is 37.0. The second kappa shape index (κ2) is 15.9. The number of hydrogen-bond donors (Lipinski definition) is 0. The van der Waals surface area contributed by atoms with Gasteiger partial charge in [0.05, 0.1) is 32.8 Å². The molecule has 8 nitrogen and oxygen atoms in total. The lowest BCUT2D eigenvalue weighted by molar-refractivity contribution is -0.127. The van der Waals surface area contributed by atoms with E-state index < -0.39 is 5.97 Å². The highest BCUT2D eigenvalue weighted by Crippen LogP contribution is 2.43. The van der Waals surface area contributed by atoms with Gasteiger partial charge >= 0.3 is 5.97 Å². The number of carbonyl (C=O) groups excluding carboxylic acids is 1. The van der Waals surface area contributed by atoms with Gasteiger partial charge in [0, 0.05) is 21.6 Å². The molecule has 1 saturated heterocycles. The number of esters is 1. The van der Waals surface area contributed by atoms with Gasteiger partial charge in [0.2, 0.25) is 5.13 Å². The Morgan fingerprint density at radius 3 is 2.28 bits per heavy atom. The first-order valence-electron chi connectivity index (χ1n) is 18.3. The molecular formula is C42H45N5O3S3. The summed E-state index contributed by atoms with van der Waals surface area (Å²) in [6, 6.07) is 25.5. The molecule has 274 valence electrons. The fraction of sp³-hybridized carbons (Fsp3) is 0.357. The van der Waals surface area contributed by atoms with Crippen LogP contribution in [0.5, 0.6) is 11.5 Å². The van der Waals surface area contributed by atoms with E-state index in [0.29, 0.717) is 28.1 Å². The summed E-state index contributed by atoms with van der Waals surface area (Å²) in [5, 5.41) is 10.2. The Labute approximate surface area is 323 Å². The van der Waals surface area contributed by atoms with E-state index in [0.717, 1.165) is 48.9 Å². The molecule has 0 unspecified atom stereocenters. The van der Waals surface area contributed by atoms with Crippen molar-refractivity contribution in [1.82, 2.24) is 9.97 Å². The van der Waals surface area contributed by atoms with Gasteiger partial charge in [-0.2, -0.15) is 0 Å². The lowest BCUT2D eigenvalue weighted by Gasteiger charge is -2.54. The third kappa shape index (κ3) is 8.69. The van der Waals surface area contributed by atoms with Gasteiger partial charge in [0.25, 0.3) is 0 Å². The van der Waals surface area contributed by atoms with Crippen LogP contribution in [0.3, 0.4) is 0 Å². The number of unbranched alkanes of at least 4 members (excludes halogenated alkanes) is 3. The highest BCUT2D eigenvalue weighted by atomic mass is 32.1. The standard InChI is InChI=1S/C42H45N5O3S3/c1-6-7-8-11-25-49-30-19-21-31(22-20-30)50-39(48)33(37-43-34-13-9-10-14-35(34)52-37)26-32-27-36-38(51-32)44-40(53-36)46-45-28-15-17-29(18-16-28)47-41(2,3)23-12-24-42(47,4)5/h9-10,13-22,26-27H,6-8,11-12,23-25H2,1-5H3/b33-26+,46-45+. The predicted molar refractivity (Wildman–Crippen MR) is 222 cm³/mol. The topological polar surface area (TPSA) is 89.3 Å². The van der Waals surface area contributed by atoms with E-state index in [1.165, 1.54) is 71.8 Å². The first-order valence-corrected chi connectivity index (χ1v) is 20.8. The summed E-state index contributed by atoms with van der Waals surface area (Å²) in [5.74, 6) is 0.722. The number of thiophene rings is 1. The van der Waals surface area contributed by atoms with Gasteiger partial charge in [-0.3, -0.25) is 0 Å². The van der Waals surface area contributed by atoms with Gasteiger partial charge < -0.3 is 14.4 Å². The number of nitrogens with zero attached hydrogens (tertiary/aromatic N) is 5. The first-order chi connectivity index (χ1) is 25.6. The van der Waals surface area contributed by atoms with Crippen LogP contribution in [-0.2, 0) is 4.79 Å². The summed E-state index contributed by atoms with van der Waals surface area (Å²) in [5.41, 5.74) is 3.40. The Bertz CT molecular complexity index is 2170. The number of azo groups is 1. The number of para-hydroxylation sites is 1. The lowest BCUT2D eigenvalue weighted by atomic mass is 9.79. The zero-order valence-electron chi connectivity index (χ0n) is 30.9. The number of anilines is 1. The Morgan fingerprint density at radius 2 is 1.57 bits per heavy atom. The number of benzene rings is 3. The number of hydrogen-bond acceptors (Lipinski definition) is 11. The van der Waals surface area contributed by atoms with Crippen molar-refractivity contribution in [1.29, 1.82) is 0 Å². The number of rotatable bonds is 13. The first kappa shape index (κ1) is 36.9. The van der Waals surface area contributed by atoms with Crippen LogP contribution in [0.2, 0.25) is 0 Å². The summed E-state index contributed by atoms with van der Waals surface area (Å²) in [6.07, 6.45) is 10.0. The highest BCUT2D eigenvalue weighted by molar-refractivity contribution is 7.29. The summed E-state index contributed by atoms with van der Waals surface area (Å²) in [7, 11) is 0. The van der Waals surface area contributed by atoms with E-state index in [1.807, 2.05) is 60.7 Å². The van der Waals surface area contributed by atoms with Crippen LogP contribution < -0.4 is 14.4 Å². The molecule has 3 aromatic heterocycles. The molecule has 53 heavy (non-hydrogen) atoms. The third-order valence-corrected chi connectivity index (χ3v) is 12.6. The van der Waals surface area contributed by atoms with E-state index in [9.17, 15) is 4.79 Å². The number of aromatic nitrogens is 2. The highest BCUT2D eigenvalue weighted by Gasteiger charge is 2.41. The number of carbonyl (C=O) groups is 1. The average Bonchev–Trinajstić information content (AvgIpc) is 3.83. The third-order valence-electron chi connectivity index (χ3n) is 9.58. The quantitative estimate of drug-likeness (QED) is 0.0382. The van der Waals surface area contributed by atoms with Gasteiger partial charge in [-0.25, -0.2) is 14.8 Å². The number of thiazole rings is 2. The van der Waals surface area contributed by atoms with E-state index in [1.54, 1.807) is 12.1 Å². The van der Waals surface area contributed by atoms with Crippen LogP contribution in [-0.4, -0.2) is 33.6 Å². The molecule has 0 radical (unpaired) electrons. The lowest BCUT2D eigenvalue weighted by Crippen LogP contribution is -2.58. The van der Waals surface area contributed by atoms with Gasteiger partial charge in [0.15, 0.2) is 0 Å². The van der Waals surface area contributed by atoms with E-state index in [2.05, 4.69) is 61.9 Å². The fourth-order valence-corrected chi connectivity index (χ4v) is 10.1. The van der Waals surface area contributed by atoms with Crippen molar-refractivity contribution in [2.24, 2.45) is 10.2 Å². The summed E-state index contributed by atoms with van der Waals surface area (Å²) in [6.45, 7) is 12.2. The van der Waals surface area contributed by atoms with Crippen LogP contribution in [0.25, 0.3) is 31.4 Å². The normalized spacial score (nSPS) is 15.8.